The molecule has 0 aromatic heterocycles. The van der Waals surface area contributed by atoms with Crippen LogP contribution < -0.4 is 0 Å². The van der Waals surface area contributed by atoms with Gasteiger partial charge < -0.3 is 0 Å². The first-order valence-corrected chi connectivity index (χ1v) is 2.82. The number of hydrogen-bond acceptors (Lipinski definition) is 0. The molecule has 0 spiro atoms. The minimum Gasteiger partial charge on any atom is -0.114 e. The van der Waals surface area contributed by atoms with Crippen molar-refractivity contribution in [1.29, 1.82) is 0 Å². The van der Waals surface area contributed by atoms with Crippen molar-refractivity contribution >= 4 is 17.0 Å². The van der Waals surface area contributed by atoms with Crippen LogP contribution in [0.1, 0.15) is 11.1 Å². The van der Waals surface area contributed by atoms with Crippen LogP contribution in [0.15, 0.2) is 24.3 Å². The highest BCUT2D eigenvalue weighted by molar-refractivity contribution is 8.93. The molecular formula is C8H11Br. The van der Waals surface area contributed by atoms with E-state index in [4.69, 9.17) is 0 Å². The average molecular weight is 187 g/mol. The van der Waals surface area contributed by atoms with Gasteiger partial charge in [0.25, 0.3) is 0 Å². The number of aryl methyl sites for hydroxylation is 2. The summed E-state index contributed by atoms with van der Waals surface area (Å²) in [6.07, 6.45) is 0. The number of benzene rings is 1. The van der Waals surface area contributed by atoms with Gasteiger partial charge in [-0.2, -0.15) is 0 Å². The molecule has 0 heterocycles. The third kappa shape index (κ3) is 2.66. The highest BCUT2D eigenvalue weighted by Crippen LogP contribution is 2.00. The normalized spacial score (nSPS) is 8.22. The van der Waals surface area contributed by atoms with E-state index in [-0.39, 0.29) is 17.0 Å². The number of hydrogen-bond donors (Lipinski definition) is 0. The van der Waals surface area contributed by atoms with Crippen molar-refractivity contribution in [2.24, 2.45) is 0 Å². The van der Waals surface area contributed by atoms with E-state index in [1.807, 2.05) is 0 Å². The average Bonchev–Trinajstić information content (AvgIpc) is 1.64. The Hall–Kier alpha value is -0.300. The van der Waals surface area contributed by atoms with Gasteiger partial charge >= 0.3 is 0 Å². The molecule has 0 saturated carbocycles. The summed E-state index contributed by atoms with van der Waals surface area (Å²) in [6.45, 7) is 4.21. The second-order valence-corrected chi connectivity index (χ2v) is 2.16. The third-order valence-electron chi connectivity index (χ3n) is 1.17. The molecule has 0 amide bonds. The monoisotopic (exact) mass is 186 g/mol. The van der Waals surface area contributed by atoms with E-state index in [1.165, 1.54) is 11.1 Å². The van der Waals surface area contributed by atoms with Crippen LogP contribution in [-0.4, -0.2) is 0 Å². The maximum Gasteiger partial charge on any atom is -0.0398 e. The molecule has 0 bridgehead atoms. The standard InChI is InChI=1S/C8H10.BrH/c1-7-4-3-5-8(2)6-7;/h3-6H,1-2H3;1H. The Bertz CT molecular complexity index is 164. The maximum absolute atomic E-state index is 2.17. The van der Waals surface area contributed by atoms with Crippen LogP contribution in [0, 0.1) is 13.8 Å². The Kier molecular flexibility index (Phi) is 3.55. The molecule has 0 atom stereocenters. The summed E-state index contributed by atoms with van der Waals surface area (Å²) in [4.78, 5) is 0. The van der Waals surface area contributed by atoms with Crippen molar-refractivity contribution < 1.29 is 0 Å². The van der Waals surface area contributed by atoms with Crippen LogP contribution in [0.5, 0.6) is 0 Å². The molecule has 0 unspecified atom stereocenters. The fourth-order valence-corrected chi connectivity index (χ4v) is 0.807. The second kappa shape index (κ2) is 3.67. The summed E-state index contributed by atoms with van der Waals surface area (Å²) in [7, 11) is 0. The van der Waals surface area contributed by atoms with Gasteiger partial charge in [0, 0.05) is 0 Å². The van der Waals surface area contributed by atoms with Gasteiger partial charge in [-0.05, 0) is 13.8 Å². The summed E-state index contributed by atoms with van der Waals surface area (Å²) >= 11 is 0. The van der Waals surface area contributed by atoms with E-state index in [2.05, 4.69) is 38.1 Å². The van der Waals surface area contributed by atoms with Crippen molar-refractivity contribution in [2.45, 2.75) is 13.8 Å². The molecule has 9 heavy (non-hydrogen) atoms. The molecule has 50 valence electrons. The van der Waals surface area contributed by atoms with E-state index in [9.17, 15) is 0 Å². The smallest absolute Gasteiger partial charge is 0.0398 e. The first-order valence-electron chi connectivity index (χ1n) is 2.82. The number of rotatable bonds is 0. The van der Waals surface area contributed by atoms with Gasteiger partial charge in [-0.1, -0.05) is 35.4 Å². The molecule has 0 nitrogen and oxygen atoms in total. The minimum absolute atomic E-state index is 0. The van der Waals surface area contributed by atoms with Crippen molar-refractivity contribution in [1.82, 2.24) is 0 Å². The molecule has 1 heteroatoms. The third-order valence-corrected chi connectivity index (χ3v) is 1.17. The lowest BCUT2D eigenvalue weighted by atomic mass is 10.2. The SMILES string of the molecule is Br.Cc1cccc(C)c1. The fraction of sp³-hybridized carbons (Fsp3) is 0.250. The molecule has 0 fully saturated rings. The molecule has 1 rings (SSSR count). The maximum atomic E-state index is 2.17. The van der Waals surface area contributed by atoms with E-state index < -0.39 is 0 Å². The lowest BCUT2D eigenvalue weighted by Gasteiger charge is -1.90. The summed E-state index contributed by atoms with van der Waals surface area (Å²) in [6, 6.07) is 8.45. The van der Waals surface area contributed by atoms with Crippen molar-refractivity contribution in [3.8, 4) is 0 Å². The van der Waals surface area contributed by atoms with Gasteiger partial charge in [0.2, 0.25) is 0 Å². The van der Waals surface area contributed by atoms with Crippen molar-refractivity contribution in [3.63, 3.8) is 0 Å². The number of halogens is 1. The van der Waals surface area contributed by atoms with Crippen LogP contribution in [-0.2, 0) is 0 Å². The Morgan fingerprint density at radius 1 is 1.00 bits per heavy atom. The van der Waals surface area contributed by atoms with E-state index in [0.717, 1.165) is 0 Å². The molecule has 0 aliphatic carbocycles. The quantitative estimate of drug-likeness (QED) is 0.585. The summed E-state index contributed by atoms with van der Waals surface area (Å²) in [5, 5.41) is 0. The predicted molar refractivity (Wildman–Crippen MR) is 46.2 cm³/mol. The largest absolute Gasteiger partial charge is 0.114 e. The van der Waals surface area contributed by atoms with Gasteiger partial charge in [-0.25, -0.2) is 0 Å². The second-order valence-electron chi connectivity index (χ2n) is 2.16. The fourth-order valence-electron chi connectivity index (χ4n) is 0.807. The lowest BCUT2D eigenvalue weighted by Crippen LogP contribution is -1.71. The van der Waals surface area contributed by atoms with Crippen LogP contribution in [0.3, 0.4) is 0 Å². The first-order chi connectivity index (χ1) is 3.79. The summed E-state index contributed by atoms with van der Waals surface area (Å²) in [5.74, 6) is 0. The zero-order chi connectivity index (χ0) is 5.98. The Labute approximate surface area is 66.7 Å². The Morgan fingerprint density at radius 3 is 1.67 bits per heavy atom. The molecule has 1 aromatic rings. The van der Waals surface area contributed by atoms with E-state index >= 15 is 0 Å². The first kappa shape index (κ1) is 8.70. The molecule has 1 aromatic carbocycles. The van der Waals surface area contributed by atoms with E-state index in [1.54, 1.807) is 0 Å². The molecule has 0 aliphatic heterocycles. The molecule has 0 saturated heterocycles. The van der Waals surface area contributed by atoms with Gasteiger partial charge in [0.1, 0.15) is 0 Å². The van der Waals surface area contributed by atoms with Gasteiger partial charge in [-0.15, -0.1) is 17.0 Å². The van der Waals surface area contributed by atoms with Crippen LogP contribution in [0.4, 0.5) is 0 Å². The van der Waals surface area contributed by atoms with Gasteiger partial charge in [-0.3, -0.25) is 0 Å². The highest BCUT2D eigenvalue weighted by Gasteiger charge is 1.80. The van der Waals surface area contributed by atoms with Crippen molar-refractivity contribution in [2.75, 3.05) is 0 Å². The Morgan fingerprint density at radius 2 is 1.44 bits per heavy atom. The Balaban J connectivity index is 0.000000640. The molecular weight excluding hydrogens is 176 g/mol. The zero-order valence-corrected chi connectivity index (χ0v) is 7.43. The molecule has 0 aliphatic rings. The molecule has 0 radical (unpaired) electrons. The highest BCUT2D eigenvalue weighted by atomic mass is 79.9. The van der Waals surface area contributed by atoms with Crippen molar-refractivity contribution in [3.05, 3.63) is 35.4 Å². The molecule has 0 N–H and O–H groups in total. The van der Waals surface area contributed by atoms with E-state index in [0.29, 0.717) is 0 Å². The zero-order valence-electron chi connectivity index (χ0n) is 5.72. The minimum atomic E-state index is 0. The predicted octanol–water partition coefficient (Wildman–Crippen LogP) is 2.88. The van der Waals surface area contributed by atoms with Gasteiger partial charge in [0.05, 0.1) is 0 Å². The summed E-state index contributed by atoms with van der Waals surface area (Å²) in [5.41, 5.74) is 2.68. The van der Waals surface area contributed by atoms with Crippen LogP contribution in [0.2, 0.25) is 0 Å². The van der Waals surface area contributed by atoms with Gasteiger partial charge in [0.15, 0.2) is 0 Å². The lowest BCUT2D eigenvalue weighted by molar-refractivity contribution is 1.39. The topological polar surface area (TPSA) is 0 Å². The summed E-state index contributed by atoms with van der Waals surface area (Å²) < 4.78 is 0. The van der Waals surface area contributed by atoms with Crippen LogP contribution >= 0.6 is 17.0 Å². The van der Waals surface area contributed by atoms with Crippen LogP contribution in [0.25, 0.3) is 0 Å².